The first-order valence-corrected chi connectivity index (χ1v) is 3.02. The fourth-order valence-corrected chi connectivity index (χ4v) is 0.765. The summed E-state index contributed by atoms with van der Waals surface area (Å²) in [6, 6.07) is 0. The van der Waals surface area contributed by atoms with Gasteiger partial charge in [0.2, 0.25) is 0 Å². The predicted molar refractivity (Wildman–Crippen MR) is 35.7 cm³/mol. The van der Waals surface area contributed by atoms with Crippen molar-refractivity contribution in [3.8, 4) is 0 Å². The van der Waals surface area contributed by atoms with Gasteiger partial charge >= 0.3 is 0 Å². The summed E-state index contributed by atoms with van der Waals surface area (Å²) in [4.78, 5) is 0. The van der Waals surface area contributed by atoms with Crippen LogP contribution in [-0.2, 0) is 0 Å². The molecule has 0 unspecified atom stereocenters. The molecule has 2 radical (unpaired) electrons. The normalized spacial score (nSPS) is 19.8. The molecule has 0 saturated carbocycles. The fraction of sp³-hybridized carbons (Fsp3) is 0.167. The smallest absolute Gasteiger partial charge is 0.0554 e. The molecule has 0 amide bonds. The second-order valence-electron chi connectivity index (χ2n) is 1.45. The van der Waals surface area contributed by atoms with Crippen LogP contribution in [0, 0.1) is 6.42 Å². The predicted octanol–water partition coefficient (Wildman–Crippen LogP) is 2.72. The molecule has 0 aliphatic heterocycles. The van der Waals surface area contributed by atoms with Gasteiger partial charge in [0.25, 0.3) is 0 Å². The Morgan fingerprint density at radius 1 is 1.50 bits per heavy atom. The Morgan fingerprint density at radius 2 is 2.25 bits per heavy atom. The standard InChI is InChI=1S/C6H4Cl2/c7-5-3-1-2-4-6(5)8/h1,3H,2H2. The lowest BCUT2D eigenvalue weighted by Crippen LogP contribution is -1.82. The highest BCUT2D eigenvalue weighted by Gasteiger charge is 2.01. The molecule has 8 heavy (non-hydrogen) atoms. The van der Waals surface area contributed by atoms with E-state index >= 15 is 0 Å². The topological polar surface area (TPSA) is 0 Å². The van der Waals surface area contributed by atoms with Gasteiger partial charge in [-0.25, -0.2) is 0 Å². The van der Waals surface area contributed by atoms with Gasteiger partial charge in [0.15, 0.2) is 0 Å². The minimum Gasteiger partial charge on any atom is -0.0868 e. The van der Waals surface area contributed by atoms with E-state index in [1.54, 1.807) is 6.08 Å². The molecule has 1 aliphatic carbocycles. The van der Waals surface area contributed by atoms with Gasteiger partial charge in [0.05, 0.1) is 5.03 Å². The van der Waals surface area contributed by atoms with Crippen molar-refractivity contribution in [1.29, 1.82) is 0 Å². The fourth-order valence-electron chi connectivity index (χ4n) is 0.469. The Balaban J connectivity index is 2.76. The number of hydrogen-bond acceptors (Lipinski definition) is 0. The highest BCUT2D eigenvalue weighted by molar-refractivity contribution is 6.41. The molecule has 0 nitrogen and oxygen atoms in total. The molecule has 0 atom stereocenters. The molecule has 0 spiro atoms. The van der Waals surface area contributed by atoms with Crippen molar-refractivity contribution in [3.63, 3.8) is 0 Å². The molecule has 0 aromatic rings. The van der Waals surface area contributed by atoms with Gasteiger partial charge in [-0.1, -0.05) is 29.3 Å². The Bertz CT molecular complexity index is 145. The van der Waals surface area contributed by atoms with Crippen LogP contribution in [0.3, 0.4) is 0 Å². The van der Waals surface area contributed by atoms with Crippen molar-refractivity contribution in [1.82, 2.24) is 0 Å². The summed E-state index contributed by atoms with van der Waals surface area (Å²) in [5.74, 6) is 0. The van der Waals surface area contributed by atoms with E-state index in [1.165, 1.54) is 0 Å². The maximum atomic E-state index is 5.57. The van der Waals surface area contributed by atoms with E-state index in [2.05, 4.69) is 6.42 Å². The van der Waals surface area contributed by atoms with Crippen molar-refractivity contribution in [3.05, 3.63) is 28.6 Å². The van der Waals surface area contributed by atoms with Gasteiger partial charge in [-0.2, -0.15) is 0 Å². The number of rotatable bonds is 0. The molecule has 0 aromatic heterocycles. The second kappa shape index (κ2) is 2.56. The first-order chi connectivity index (χ1) is 3.80. The lowest BCUT2D eigenvalue weighted by atomic mass is 10.2. The van der Waals surface area contributed by atoms with Crippen LogP contribution in [0.25, 0.3) is 0 Å². The third-order valence-electron chi connectivity index (χ3n) is 0.849. The molecule has 0 N–H and O–H groups in total. The highest BCUT2D eigenvalue weighted by Crippen LogP contribution is 2.23. The van der Waals surface area contributed by atoms with E-state index < -0.39 is 0 Å². The molecular formula is C6H4Cl2. The van der Waals surface area contributed by atoms with Crippen LogP contribution in [0.2, 0.25) is 0 Å². The van der Waals surface area contributed by atoms with Crippen molar-refractivity contribution < 1.29 is 0 Å². The zero-order valence-electron chi connectivity index (χ0n) is 4.12. The van der Waals surface area contributed by atoms with Crippen molar-refractivity contribution in [2.45, 2.75) is 6.42 Å². The van der Waals surface area contributed by atoms with Gasteiger partial charge in [-0.05, 0) is 12.5 Å². The number of halogens is 2. The SMILES string of the molecule is ClC1=C(Cl)C=CC[C]1. The monoisotopic (exact) mass is 146 g/mol. The highest BCUT2D eigenvalue weighted by atomic mass is 35.5. The number of allylic oxidation sites excluding steroid dienone is 4. The third kappa shape index (κ3) is 1.27. The summed E-state index contributed by atoms with van der Waals surface area (Å²) in [5, 5.41) is 1.12. The third-order valence-corrected chi connectivity index (χ3v) is 1.60. The van der Waals surface area contributed by atoms with Gasteiger partial charge in [0, 0.05) is 11.5 Å². The van der Waals surface area contributed by atoms with Crippen LogP contribution in [0.4, 0.5) is 0 Å². The molecule has 1 rings (SSSR count). The zero-order chi connectivity index (χ0) is 5.98. The quantitative estimate of drug-likeness (QED) is 0.494. The summed E-state index contributed by atoms with van der Waals surface area (Å²) >= 11 is 11.1. The van der Waals surface area contributed by atoms with Crippen LogP contribution in [0.1, 0.15) is 6.42 Å². The summed E-state index contributed by atoms with van der Waals surface area (Å²) in [7, 11) is 0. The summed E-state index contributed by atoms with van der Waals surface area (Å²) in [5.41, 5.74) is 0. The second-order valence-corrected chi connectivity index (χ2v) is 2.23. The van der Waals surface area contributed by atoms with E-state index in [-0.39, 0.29) is 0 Å². The Hall–Kier alpha value is 0.0600. The maximum Gasteiger partial charge on any atom is 0.0554 e. The number of hydrogen-bond donors (Lipinski definition) is 0. The lowest BCUT2D eigenvalue weighted by Gasteiger charge is -2.00. The van der Waals surface area contributed by atoms with E-state index in [0.29, 0.717) is 10.1 Å². The average molecular weight is 147 g/mol. The van der Waals surface area contributed by atoms with Crippen molar-refractivity contribution >= 4 is 23.2 Å². The van der Waals surface area contributed by atoms with Gasteiger partial charge in [-0.15, -0.1) is 0 Å². The van der Waals surface area contributed by atoms with Crippen LogP contribution >= 0.6 is 23.2 Å². The van der Waals surface area contributed by atoms with E-state index in [0.717, 1.165) is 6.42 Å². The lowest BCUT2D eigenvalue weighted by molar-refractivity contribution is 1.24. The van der Waals surface area contributed by atoms with Crippen LogP contribution in [-0.4, -0.2) is 0 Å². The maximum absolute atomic E-state index is 5.57. The molecule has 0 aromatic carbocycles. The van der Waals surface area contributed by atoms with Gasteiger partial charge in [-0.3, -0.25) is 0 Å². The molecule has 0 saturated heterocycles. The summed E-state index contributed by atoms with van der Waals surface area (Å²) < 4.78 is 0. The molecule has 42 valence electrons. The zero-order valence-corrected chi connectivity index (χ0v) is 5.63. The molecule has 2 heteroatoms. The Kier molecular flexibility index (Phi) is 1.98. The largest absolute Gasteiger partial charge is 0.0868 e. The molecular weight excluding hydrogens is 143 g/mol. The van der Waals surface area contributed by atoms with Gasteiger partial charge < -0.3 is 0 Å². The van der Waals surface area contributed by atoms with E-state index in [9.17, 15) is 0 Å². The molecule has 0 fully saturated rings. The first kappa shape index (κ1) is 6.18. The average Bonchev–Trinajstić information content (AvgIpc) is 1.77. The minimum absolute atomic E-state index is 0.536. The Morgan fingerprint density at radius 3 is 2.62 bits per heavy atom. The molecule has 1 aliphatic rings. The van der Waals surface area contributed by atoms with Crippen LogP contribution < -0.4 is 0 Å². The van der Waals surface area contributed by atoms with E-state index in [4.69, 9.17) is 23.2 Å². The first-order valence-electron chi connectivity index (χ1n) is 2.26. The van der Waals surface area contributed by atoms with Crippen molar-refractivity contribution in [2.75, 3.05) is 0 Å². The summed E-state index contributed by atoms with van der Waals surface area (Å²) in [6.45, 7) is 0. The summed E-state index contributed by atoms with van der Waals surface area (Å²) in [6.07, 6.45) is 7.32. The van der Waals surface area contributed by atoms with Crippen LogP contribution in [0.5, 0.6) is 0 Å². The van der Waals surface area contributed by atoms with Crippen LogP contribution in [0.15, 0.2) is 22.2 Å². The van der Waals surface area contributed by atoms with E-state index in [1.807, 2.05) is 6.08 Å². The molecule has 0 bridgehead atoms. The Labute approximate surface area is 58.8 Å². The molecule has 0 heterocycles. The minimum atomic E-state index is 0.536. The van der Waals surface area contributed by atoms with Crippen molar-refractivity contribution in [2.24, 2.45) is 0 Å². The van der Waals surface area contributed by atoms with Gasteiger partial charge in [0.1, 0.15) is 0 Å².